The summed E-state index contributed by atoms with van der Waals surface area (Å²) in [7, 11) is 0. The molecule has 1 unspecified atom stereocenters. The van der Waals surface area contributed by atoms with Crippen molar-refractivity contribution in [1.82, 2.24) is 20.3 Å². The number of carboxylic acids is 1. The molecule has 0 radical (unpaired) electrons. The molecule has 0 saturated heterocycles. The van der Waals surface area contributed by atoms with Crippen LogP contribution in [0.2, 0.25) is 0 Å². The SMILES string of the molecule is NC(Cc1cn(CCOCCOCCOCCNC(=O)CBr)nn1)C(=O)O. The van der Waals surface area contributed by atoms with E-state index in [1.165, 1.54) is 0 Å². The summed E-state index contributed by atoms with van der Waals surface area (Å²) in [6.45, 7) is 3.62. The van der Waals surface area contributed by atoms with Gasteiger partial charge < -0.3 is 30.4 Å². The number of ether oxygens (including phenoxy) is 3. The zero-order valence-electron chi connectivity index (χ0n) is 15.0. The molecular formula is C15H26BrN5O6. The monoisotopic (exact) mass is 451 g/mol. The largest absolute Gasteiger partial charge is 0.480 e. The third kappa shape index (κ3) is 11.7. The van der Waals surface area contributed by atoms with Gasteiger partial charge in [-0.15, -0.1) is 5.10 Å². The average Bonchev–Trinajstić information content (AvgIpc) is 3.09. The molecule has 11 nitrogen and oxygen atoms in total. The van der Waals surface area contributed by atoms with E-state index < -0.39 is 12.0 Å². The third-order valence-corrected chi connectivity index (χ3v) is 3.74. The number of nitrogens with zero attached hydrogens (tertiary/aromatic N) is 3. The second-order valence-electron chi connectivity index (χ2n) is 5.44. The van der Waals surface area contributed by atoms with Crippen LogP contribution < -0.4 is 11.1 Å². The number of aromatic nitrogens is 3. The van der Waals surface area contributed by atoms with Crippen molar-refractivity contribution in [3.05, 3.63) is 11.9 Å². The van der Waals surface area contributed by atoms with E-state index >= 15 is 0 Å². The molecule has 0 aliphatic heterocycles. The lowest BCUT2D eigenvalue weighted by Gasteiger charge is -2.07. The van der Waals surface area contributed by atoms with Crippen LogP contribution in [0.4, 0.5) is 0 Å². The first-order valence-electron chi connectivity index (χ1n) is 8.46. The highest BCUT2D eigenvalue weighted by Crippen LogP contribution is 1.98. The van der Waals surface area contributed by atoms with Crippen LogP contribution in [-0.4, -0.2) is 89.5 Å². The standard InChI is InChI=1S/C15H26BrN5O6/c16-10-14(22)18-1-3-25-5-7-27-8-6-26-4-2-21-11-12(19-20-21)9-13(17)15(23)24/h11,13H,1-10,17H2,(H,18,22)(H,23,24). The molecule has 0 bridgehead atoms. The molecule has 1 rings (SSSR count). The fraction of sp³-hybridized carbons (Fsp3) is 0.733. The van der Waals surface area contributed by atoms with Crippen molar-refractivity contribution < 1.29 is 28.9 Å². The van der Waals surface area contributed by atoms with Crippen molar-refractivity contribution in [2.45, 2.75) is 19.0 Å². The summed E-state index contributed by atoms with van der Waals surface area (Å²) in [4.78, 5) is 21.6. The fourth-order valence-electron chi connectivity index (χ4n) is 1.86. The Kier molecular flexibility index (Phi) is 12.6. The second kappa shape index (κ2) is 14.5. The lowest BCUT2D eigenvalue weighted by molar-refractivity contribution is -0.138. The van der Waals surface area contributed by atoms with E-state index in [1.807, 2.05) is 0 Å². The number of hydrogen-bond donors (Lipinski definition) is 3. The Morgan fingerprint density at radius 2 is 1.81 bits per heavy atom. The first-order chi connectivity index (χ1) is 13.0. The summed E-state index contributed by atoms with van der Waals surface area (Å²) in [6, 6.07) is -0.986. The normalized spacial score (nSPS) is 12.1. The smallest absolute Gasteiger partial charge is 0.320 e. The topological polar surface area (TPSA) is 151 Å². The summed E-state index contributed by atoms with van der Waals surface area (Å²) in [5.74, 6) is -1.14. The quantitative estimate of drug-likeness (QED) is 0.207. The summed E-state index contributed by atoms with van der Waals surface area (Å²) < 4.78 is 17.7. The van der Waals surface area contributed by atoms with Gasteiger partial charge in [-0.1, -0.05) is 21.1 Å². The van der Waals surface area contributed by atoms with E-state index in [9.17, 15) is 9.59 Å². The molecule has 1 aromatic heterocycles. The summed E-state index contributed by atoms with van der Waals surface area (Å²) in [6.07, 6.45) is 1.79. The van der Waals surface area contributed by atoms with Gasteiger partial charge in [0.15, 0.2) is 0 Å². The predicted octanol–water partition coefficient (Wildman–Crippen LogP) is -1.21. The minimum absolute atomic E-state index is 0.0713. The van der Waals surface area contributed by atoms with Crippen LogP contribution in [-0.2, 0) is 36.8 Å². The van der Waals surface area contributed by atoms with E-state index in [0.717, 1.165) is 0 Å². The van der Waals surface area contributed by atoms with Gasteiger partial charge in [-0.3, -0.25) is 9.59 Å². The molecule has 0 saturated carbocycles. The van der Waals surface area contributed by atoms with Crippen molar-refractivity contribution in [3.8, 4) is 0 Å². The van der Waals surface area contributed by atoms with Gasteiger partial charge in [0.05, 0.1) is 57.2 Å². The van der Waals surface area contributed by atoms with Gasteiger partial charge in [-0.25, -0.2) is 4.68 Å². The van der Waals surface area contributed by atoms with Crippen LogP contribution in [0, 0.1) is 0 Å². The molecule has 1 heterocycles. The van der Waals surface area contributed by atoms with Crippen LogP contribution in [0.1, 0.15) is 5.69 Å². The number of aliphatic carboxylic acids is 1. The lowest BCUT2D eigenvalue weighted by atomic mass is 10.2. The van der Waals surface area contributed by atoms with E-state index in [0.29, 0.717) is 58.4 Å². The van der Waals surface area contributed by atoms with Crippen molar-refractivity contribution in [2.24, 2.45) is 5.73 Å². The molecule has 12 heteroatoms. The summed E-state index contributed by atoms with van der Waals surface area (Å²) in [5, 5.41) is 19.5. The number of amides is 1. The number of alkyl halides is 1. The van der Waals surface area contributed by atoms with E-state index in [-0.39, 0.29) is 17.7 Å². The van der Waals surface area contributed by atoms with Crippen molar-refractivity contribution >= 4 is 27.8 Å². The van der Waals surface area contributed by atoms with Crippen molar-refractivity contribution in [1.29, 1.82) is 0 Å². The van der Waals surface area contributed by atoms with Crippen LogP contribution >= 0.6 is 15.9 Å². The highest BCUT2D eigenvalue weighted by molar-refractivity contribution is 9.09. The van der Waals surface area contributed by atoms with E-state index in [1.54, 1.807) is 10.9 Å². The Balaban J connectivity index is 1.92. The molecule has 1 aromatic rings. The molecule has 0 fully saturated rings. The van der Waals surface area contributed by atoms with Gasteiger partial charge in [0.2, 0.25) is 5.91 Å². The molecule has 0 aliphatic rings. The second-order valence-corrected chi connectivity index (χ2v) is 6.00. The van der Waals surface area contributed by atoms with E-state index in [4.69, 9.17) is 25.1 Å². The number of rotatable bonds is 16. The first-order valence-corrected chi connectivity index (χ1v) is 9.58. The maximum Gasteiger partial charge on any atom is 0.320 e. The molecule has 27 heavy (non-hydrogen) atoms. The first kappa shape index (κ1) is 23.4. The zero-order chi connectivity index (χ0) is 19.9. The van der Waals surface area contributed by atoms with Crippen LogP contribution in [0.15, 0.2) is 6.20 Å². The highest BCUT2D eigenvalue weighted by Gasteiger charge is 2.14. The minimum Gasteiger partial charge on any atom is -0.480 e. The molecule has 1 atom stereocenters. The number of carbonyl (C=O) groups is 2. The molecule has 154 valence electrons. The number of carbonyl (C=O) groups excluding carboxylic acids is 1. The van der Waals surface area contributed by atoms with Gasteiger partial charge in [-0.05, 0) is 0 Å². The maximum atomic E-state index is 10.9. The Hall–Kier alpha value is -1.60. The molecule has 4 N–H and O–H groups in total. The maximum absolute atomic E-state index is 10.9. The van der Waals surface area contributed by atoms with Gasteiger partial charge in [0, 0.05) is 19.2 Å². The number of halogens is 1. The van der Waals surface area contributed by atoms with Gasteiger partial charge in [-0.2, -0.15) is 0 Å². The Morgan fingerprint density at radius 1 is 1.19 bits per heavy atom. The predicted molar refractivity (Wildman–Crippen MR) is 98.6 cm³/mol. The molecule has 1 amide bonds. The molecule has 0 aromatic carbocycles. The number of hydrogen-bond acceptors (Lipinski definition) is 8. The molecular weight excluding hydrogens is 426 g/mol. The summed E-state index contributed by atoms with van der Waals surface area (Å²) in [5.41, 5.74) is 5.97. The van der Waals surface area contributed by atoms with Gasteiger partial charge in [0.1, 0.15) is 6.04 Å². The zero-order valence-corrected chi connectivity index (χ0v) is 16.6. The van der Waals surface area contributed by atoms with Crippen molar-refractivity contribution in [3.63, 3.8) is 0 Å². The number of nitrogens with two attached hydrogens (primary N) is 1. The summed E-state index contributed by atoms with van der Waals surface area (Å²) >= 11 is 3.05. The Labute approximate surface area is 165 Å². The van der Waals surface area contributed by atoms with Gasteiger partial charge >= 0.3 is 5.97 Å². The van der Waals surface area contributed by atoms with Crippen molar-refractivity contribution in [2.75, 3.05) is 51.5 Å². The fourth-order valence-corrected chi connectivity index (χ4v) is 2.06. The lowest BCUT2D eigenvalue weighted by Crippen LogP contribution is -2.32. The van der Waals surface area contributed by atoms with Crippen LogP contribution in [0.25, 0.3) is 0 Å². The molecule has 0 spiro atoms. The van der Waals surface area contributed by atoms with Gasteiger partial charge in [0.25, 0.3) is 0 Å². The molecule has 0 aliphatic carbocycles. The minimum atomic E-state index is -1.07. The average molecular weight is 452 g/mol. The number of nitrogens with one attached hydrogen (secondary N) is 1. The van der Waals surface area contributed by atoms with Crippen LogP contribution in [0.3, 0.4) is 0 Å². The highest BCUT2D eigenvalue weighted by atomic mass is 79.9. The van der Waals surface area contributed by atoms with E-state index in [2.05, 4.69) is 31.6 Å². The Bertz CT molecular complexity index is 559. The number of carboxylic acid groups (broad SMARTS) is 1. The Morgan fingerprint density at radius 3 is 2.44 bits per heavy atom. The van der Waals surface area contributed by atoms with Crippen LogP contribution in [0.5, 0.6) is 0 Å². The third-order valence-electron chi connectivity index (χ3n) is 3.23.